The highest BCUT2D eigenvalue weighted by Gasteiger charge is 2.24. The summed E-state index contributed by atoms with van der Waals surface area (Å²) < 4.78 is 6.22. The molecule has 0 aliphatic heterocycles. The maximum atomic E-state index is 12.2. The van der Waals surface area contributed by atoms with Crippen molar-refractivity contribution >= 4 is 16.9 Å². The van der Waals surface area contributed by atoms with Crippen molar-refractivity contribution in [2.24, 2.45) is 0 Å². The molecule has 92 valence electrons. The number of aromatic nitrogens is 2. The molecular weight excluding hydrogens is 244 g/mol. The van der Waals surface area contributed by atoms with Crippen LogP contribution in [0, 0.1) is 0 Å². The van der Waals surface area contributed by atoms with Crippen LogP contribution in [0.3, 0.4) is 0 Å². The smallest absolute Gasteiger partial charge is 0.422 e. The second-order valence-electron chi connectivity index (χ2n) is 3.93. The second-order valence-corrected chi connectivity index (χ2v) is 3.93. The van der Waals surface area contributed by atoms with Crippen molar-refractivity contribution in [1.82, 2.24) is 5.10 Å². The summed E-state index contributed by atoms with van der Waals surface area (Å²) >= 11 is 0. The minimum atomic E-state index is -0.665. The number of hydrogen-bond acceptors (Lipinski definition) is 4. The molecule has 0 spiro atoms. The molecule has 0 saturated heterocycles. The highest BCUT2D eigenvalue weighted by molar-refractivity contribution is 5.90. The van der Waals surface area contributed by atoms with Crippen molar-refractivity contribution in [1.29, 1.82) is 0 Å². The summed E-state index contributed by atoms with van der Waals surface area (Å²) in [7, 11) is 0. The molecule has 0 aliphatic carbocycles. The zero-order chi connectivity index (χ0) is 13.2. The van der Waals surface area contributed by atoms with Gasteiger partial charge >= 0.3 is 11.5 Å². The van der Waals surface area contributed by atoms with Gasteiger partial charge in [-0.25, -0.2) is 9.59 Å². The number of hydrogen-bond donors (Lipinski definition) is 0. The van der Waals surface area contributed by atoms with Gasteiger partial charge in [-0.2, -0.15) is 0 Å². The number of rotatable bonds is 1. The van der Waals surface area contributed by atoms with E-state index < -0.39 is 11.5 Å². The van der Waals surface area contributed by atoms with E-state index in [0.29, 0.717) is 11.0 Å². The van der Waals surface area contributed by atoms with E-state index in [9.17, 15) is 9.59 Å². The lowest BCUT2D eigenvalue weighted by atomic mass is 10.2. The molecule has 0 radical (unpaired) electrons. The van der Waals surface area contributed by atoms with Crippen molar-refractivity contribution < 1.29 is 13.9 Å². The molecule has 0 fully saturated rings. The molecular formula is C14H9N2O3+. The van der Waals surface area contributed by atoms with Gasteiger partial charge < -0.3 is 4.42 Å². The third-order valence-corrected chi connectivity index (χ3v) is 2.70. The van der Waals surface area contributed by atoms with E-state index in [1.165, 1.54) is 18.5 Å². The first-order chi connectivity index (χ1) is 9.25. The first-order valence-electron chi connectivity index (χ1n) is 5.66. The summed E-state index contributed by atoms with van der Waals surface area (Å²) in [6, 6.07) is 11.9. The largest absolute Gasteiger partial charge is 0.456 e. The lowest BCUT2D eigenvalue weighted by molar-refractivity contribution is -0.634. The molecule has 0 saturated carbocycles. The van der Waals surface area contributed by atoms with E-state index in [4.69, 9.17) is 4.42 Å². The lowest BCUT2D eigenvalue weighted by Gasteiger charge is -1.97. The summed E-state index contributed by atoms with van der Waals surface area (Å²) in [6.45, 7) is 0. The molecule has 19 heavy (non-hydrogen) atoms. The highest BCUT2D eigenvalue weighted by Crippen LogP contribution is 2.12. The van der Waals surface area contributed by atoms with Crippen LogP contribution in [-0.4, -0.2) is 11.0 Å². The van der Waals surface area contributed by atoms with Crippen LogP contribution in [0.15, 0.2) is 64.1 Å². The van der Waals surface area contributed by atoms with E-state index in [0.717, 1.165) is 4.68 Å². The Morgan fingerprint density at radius 3 is 2.79 bits per heavy atom. The van der Waals surface area contributed by atoms with Crippen LogP contribution >= 0.6 is 0 Å². The molecule has 2 heterocycles. The third-order valence-electron chi connectivity index (χ3n) is 2.70. The van der Waals surface area contributed by atoms with Gasteiger partial charge in [-0.1, -0.05) is 18.2 Å². The molecule has 0 amide bonds. The van der Waals surface area contributed by atoms with Gasteiger partial charge in [-0.3, -0.25) is 0 Å². The maximum Gasteiger partial charge on any atom is 0.456 e. The van der Waals surface area contributed by atoms with E-state index in [1.807, 2.05) is 6.07 Å². The number of carbonyl (C=O) groups excluding carboxylic acids is 1. The summed E-state index contributed by atoms with van der Waals surface area (Å²) in [6.07, 6.45) is 2.96. The van der Waals surface area contributed by atoms with Gasteiger partial charge in [0, 0.05) is 16.6 Å². The molecule has 1 aromatic carbocycles. The Bertz CT molecular complexity index is 810. The second kappa shape index (κ2) is 4.45. The van der Waals surface area contributed by atoms with E-state index in [2.05, 4.69) is 5.10 Å². The molecule has 0 unspecified atom stereocenters. The van der Waals surface area contributed by atoms with Crippen LogP contribution in [0.2, 0.25) is 0 Å². The van der Waals surface area contributed by atoms with Crippen LogP contribution in [0.4, 0.5) is 0 Å². The zero-order valence-electron chi connectivity index (χ0n) is 9.82. The van der Waals surface area contributed by atoms with Crippen LogP contribution in [0.25, 0.3) is 11.0 Å². The maximum absolute atomic E-state index is 12.2. The van der Waals surface area contributed by atoms with Gasteiger partial charge in [0.2, 0.25) is 6.20 Å². The van der Waals surface area contributed by atoms with Crippen molar-refractivity contribution in [2.75, 3.05) is 0 Å². The van der Waals surface area contributed by atoms with E-state index >= 15 is 0 Å². The quantitative estimate of drug-likeness (QED) is 0.482. The van der Waals surface area contributed by atoms with Gasteiger partial charge in [0.25, 0.3) is 0 Å². The van der Waals surface area contributed by atoms with E-state index in [1.54, 1.807) is 30.3 Å². The Kier molecular flexibility index (Phi) is 2.64. The molecule has 0 bridgehead atoms. The number of nitrogens with zero attached hydrogens (tertiary/aromatic N) is 2. The topological polar surface area (TPSA) is 64.1 Å². The Hall–Kier alpha value is -2.82. The molecule has 0 atom stereocenters. The minimum Gasteiger partial charge on any atom is -0.422 e. The standard InChI is InChI=1S/C14H9N2O3/c17-13(16-8-4-3-7-15-16)11-9-10-5-1-2-6-12(10)19-14(11)18/h1-9H/q+1. The minimum absolute atomic E-state index is 0.0394. The van der Waals surface area contributed by atoms with Crippen molar-refractivity contribution in [3.05, 3.63) is 70.8 Å². The van der Waals surface area contributed by atoms with Crippen LogP contribution in [-0.2, 0) is 0 Å². The SMILES string of the molecule is O=C(c1cc2ccccc2oc1=O)[n+]1ccccn1. The molecule has 3 aromatic rings. The first-order valence-corrected chi connectivity index (χ1v) is 5.66. The summed E-state index contributed by atoms with van der Waals surface area (Å²) in [4.78, 5) is 24.0. The average Bonchev–Trinajstić information content (AvgIpc) is 2.47. The van der Waals surface area contributed by atoms with Crippen molar-refractivity contribution in [2.45, 2.75) is 0 Å². The predicted molar refractivity (Wildman–Crippen MR) is 66.6 cm³/mol. The molecule has 0 N–H and O–H groups in total. The van der Waals surface area contributed by atoms with Gasteiger partial charge in [0.1, 0.15) is 5.58 Å². The molecule has 2 aromatic heterocycles. The average molecular weight is 253 g/mol. The number of fused-ring (bicyclic) bond motifs is 1. The lowest BCUT2D eigenvalue weighted by Crippen LogP contribution is -2.47. The predicted octanol–water partition coefficient (Wildman–Crippen LogP) is 1.16. The Morgan fingerprint density at radius 2 is 2.00 bits per heavy atom. The fourth-order valence-electron chi connectivity index (χ4n) is 1.78. The molecule has 5 nitrogen and oxygen atoms in total. The first kappa shape index (κ1) is 11.3. The monoisotopic (exact) mass is 253 g/mol. The number of benzene rings is 1. The summed E-state index contributed by atoms with van der Waals surface area (Å²) in [5.41, 5.74) is -0.251. The van der Waals surface area contributed by atoms with E-state index in [-0.39, 0.29) is 5.56 Å². The summed E-state index contributed by atoms with van der Waals surface area (Å²) in [5.74, 6) is -0.514. The normalized spacial score (nSPS) is 10.5. The fourth-order valence-corrected chi connectivity index (χ4v) is 1.78. The van der Waals surface area contributed by atoms with Gasteiger partial charge in [0.15, 0.2) is 5.56 Å². The van der Waals surface area contributed by atoms with Gasteiger partial charge in [0.05, 0.1) is 6.20 Å². The zero-order valence-corrected chi connectivity index (χ0v) is 9.82. The third kappa shape index (κ3) is 2.01. The Morgan fingerprint density at radius 1 is 1.16 bits per heavy atom. The van der Waals surface area contributed by atoms with Crippen molar-refractivity contribution in [3.63, 3.8) is 0 Å². The Balaban J connectivity index is 2.18. The summed E-state index contributed by atoms with van der Waals surface area (Å²) in [5, 5.41) is 4.56. The highest BCUT2D eigenvalue weighted by atomic mass is 16.4. The Labute approximate surface area is 107 Å². The molecule has 5 heteroatoms. The number of carbonyl (C=O) groups is 1. The fraction of sp³-hybridized carbons (Fsp3) is 0. The van der Waals surface area contributed by atoms with Gasteiger partial charge in [-0.15, -0.1) is 0 Å². The van der Waals surface area contributed by atoms with Gasteiger partial charge in [-0.05, 0) is 22.9 Å². The molecule has 0 aliphatic rings. The van der Waals surface area contributed by atoms with Crippen LogP contribution in [0.1, 0.15) is 10.4 Å². The van der Waals surface area contributed by atoms with Crippen LogP contribution < -0.4 is 10.3 Å². The number of para-hydroxylation sites is 1. The van der Waals surface area contributed by atoms with Crippen LogP contribution in [0.5, 0.6) is 0 Å². The molecule has 3 rings (SSSR count). The van der Waals surface area contributed by atoms with Crippen molar-refractivity contribution in [3.8, 4) is 0 Å².